The Hall–Kier alpha value is -1.58. The number of ether oxygens (including phenoxy) is 1. The molecule has 0 aliphatic heterocycles. The SMILES string of the molecule is CCOc1ccc(C[N+](=O)[O-])cc1. The van der Waals surface area contributed by atoms with Gasteiger partial charge in [-0.15, -0.1) is 0 Å². The number of nitro groups is 1. The Morgan fingerprint density at radius 3 is 2.46 bits per heavy atom. The molecule has 0 unspecified atom stereocenters. The summed E-state index contributed by atoms with van der Waals surface area (Å²) in [7, 11) is 0. The summed E-state index contributed by atoms with van der Waals surface area (Å²) in [6, 6.07) is 6.88. The Morgan fingerprint density at radius 2 is 2.00 bits per heavy atom. The molecule has 0 aromatic heterocycles. The molecule has 1 rings (SSSR count). The van der Waals surface area contributed by atoms with Gasteiger partial charge in [0.1, 0.15) is 5.75 Å². The average molecular weight is 181 g/mol. The molecular formula is C9H11NO3. The maximum absolute atomic E-state index is 10.2. The van der Waals surface area contributed by atoms with Crippen LogP contribution in [0.3, 0.4) is 0 Å². The summed E-state index contributed by atoms with van der Waals surface area (Å²) in [5.41, 5.74) is 0.688. The molecular weight excluding hydrogens is 170 g/mol. The van der Waals surface area contributed by atoms with Gasteiger partial charge in [0.2, 0.25) is 6.54 Å². The van der Waals surface area contributed by atoms with Gasteiger partial charge in [0.15, 0.2) is 0 Å². The summed E-state index contributed by atoms with van der Waals surface area (Å²) >= 11 is 0. The third-order valence-electron chi connectivity index (χ3n) is 1.55. The lowest BCUT2D eigenvalue weighted by Crippen LogP contribution is -1.98. The van der Waals surface area contributed by atoms with Crippen molar-refractivity contribution in [1.82, 2.24) is 0 Å². The number of rotatable bonds is 4. The van der Waals surface area contributed by atoms with Crippen LogP contribution in [0.5, 0.6) is 5.75 Å². The maximum atomic E-state index is 10.2. The van der Waals surface area contributed by atoms with Crippen LogP contribution in [0, 0.1) is 10.1 Å². The van der Waals surface area contributed by atoms with Crippen LogP contribution in [0.25, 0.3) is 0 Å². The Morgan fingerprint density at radius 1 is 1.38 bits per heavy atom. The van der Waals surface area contributed by atoms with E-state index in [1.807, 2.05) is 6.92 Å². The molecule has 0 spiro atoms. The summed E-state index contributed by atoms with van der Waals surface area (Å²) in [4.78, 5) is 9.80. The molecule has 1 aromatic carbocycles. The van der Waals surface area contributed by atoms with Gasteiger partial charge < -0.3 is 4.74 Å². The fourth-order valence-electron chi connectivity index (χ4n) is 1.01. The van der Waals surface area contributed by atoms with Crippen molar-refractivity contribution in [3.05, 3.63) is 39.9 Å². The lowest BCUT2D eigenvalue weighted by molar-refractivity contribution is -0.496. The Kier molecular flexibility index (Phi) is 3.25. The van der Waals surface area contributed by atoms with Crippen LogP contribution in [-0.2, 0) is 6.54 Å². The van der Waals surface area contributed by atoms with Gasteiger partial charge >= 0.3 is 0 Å². The van der Waals surface area contributed by atoms with Gasteiger partial charge in [0.05, 0.1) is 6.61 Å². The van der Waals surface area contributed by atoms with Gasteiger partial charge in [0, 0.05) is 10.5 Å². The zero-order valence-corrected chi connectivity index (χ0v) is 7.40. The topological polar surface area (TPSA) is 52.4 Å². The van der Waals surface area contributed by atoms with Gasteiger partial charge in [-0.1, -0.05) is 0 Å². The minimum absolute atomic E-state index is 0.133. The van der Waals surface area contributed by atoms with E-state index in [-0.39, 0.29) is 11.5 Å². The summed E-state index contributed by atoms with van der Waals surface area (Å²) in [5, 5.41) is 10.2. The molecule has 70 valence electrons. The van der Waals surface area contributed by atoms with Gasteiger partial charge in [-0.05, 0) is 31.2 Å². The summed E-state index contributed by atoms with van der Waals surface area (Å²) in [6.07, 6.45) is 0. The van der Waals surface area contributed by atoms with Gasteiger partial charge in [-0.3, -0.25) is 10.1 Å². The van der Waals surface area contributed by atoms with Crippen LogP contribution >= 0.6 is 0 Å². The molecule has 0 N–H and O–H groups in total. The van der Waals surface area contributed by atoms with E-state index in [2.05, 4.69) is 0 Å². The van der Waals surface area contributed by atoms with Crippen molar-refractivity contribution in [2.24, 2.45) is 0 Å². The average Bonchev–Trinajstić information content (AvgIpc) is 2.08. The first kappa shape index (κ1) is 9.51. The van der Waals surface area contributed by atoms with E-state index in [1.165, 1.54) is 0 Å². The highest BCUT2D eigenvalue weighted by Gasteiger charge is 2.00. The second-order valence-electron chi connectivity index (χ2n) is 2.57. The molecule has 1 aromatic rings. The van der Waals surface area contributed by atoms with Crippen LogP contribution in [0.2, 0.25) is 0 Å². The monoisotopic (exact) mass is 181 g/mol. The fourth-order valence-corrected chi connectivity index (χ4v) is 1.01. The highest BCUT2D eigenvalue weighted by molar-refractivity contribution is 5.26. The van der Waals surface area contributed by atoms with Crippen LogP contribution in [-0.4, -0.2) is 11.5 Å². The molecule has 0 saturated heterocycles. The highest BCUT2D eigenvalue weighted by atomic mass is 16.6. The van der Waals surface area contributed by atoms with Crippen molar-refractivity contribution in [3.63, 3.8) is 0 Å². The van der Waals surface area contributed by atoms with Crippen LogP contribution in [0.4, 0.5) is 0 Å². The second kappa shape index (κ2) is 4.45. The first-order valence-electron chi connectivity index (χ1n) is 4.06. The molecule has 13 heavy (non-hydrogen) atoms. The van der Waals surface area contributed by atoms with E-state index in [9.17, 15) is 10.1 Å². The molecule has 0 atom stereocenters. The van der Waals surface area contributed by atoms with E-state index in [0.717, 1.165) is 5.75 Å². The van der Waals surface area contributed by atoms with Crippen molar-refractivity contribution in [3.8, 4) is 5.75 Å². The summed E-state index contributed by atoms with van der Waals surface area (Å²) in [6.45, 7) is 2.37. The van der Waals surface area contributed by atoms with Crippen LogP contribution in [0.15, 0.2) is 24.3 Å². The van der Waals surface area contributed by atoms with Gasteiger partial charge in [-0.25, -0.2) is 0 Å². The molecule has 0 aliphatic rings. The molecule has 0 heterocycles. The molecule has 0 amide bonds. The molecule has 0 radical (unpaired) electrons. The third-order valence-corrected chi connectivity index (χ3v) is 1.55. The number of nitrogens with zero attached hydrogens (tertiary/aromatic N) is 1. The maximum Gasteiger partial charge on any atom is 0.228 e. The highest BCUT2D eigenvalue weighted by Crippen LogP contribution is 2.12. The smallest absolute Gasteiger partial charge is 0.228 e. The quantitative estimate of drug-likeness (QED) is 0.526. The molecule has 4 nitrogen and oxygen atoms in total. The lowest BCUT2D eigenvalue weighted by atomic mass is 10.2. The van der Waals surface area contributed by atoms with Crippen molar-refractivity contribution >= 4 is 0 Å². The Labute approximate surface area is 76.3 Å². The van der Waals surface area contributed by atoms with Crippen molar-refractivity contribution in [2.45, 2.75) is 13.5 Å². The van der Waals surface area contributed by atoms with Crippen molar-refractivity contribution in [2.75, 3.05) is 6.61 Å². The predicted octanol–water partition coefficient (Wildman–Crippen LogP) is 1.86. The molecule has 4 heteroatoms. The lowest BCUT2D eigenvalue weighted by Gasteiger charge is -2.02. The van der Waals surface area contributed by atoms with E-state index < -0.39 is 0 Å². The number of hydrogen-bond acceptors (Lipinski definition) is 3. The number of hydrogen-bond donors (Lipinski definition) is 0. The van der Waals surface area contributed by atoms with Crippen molar-refractivity contribution in [1.29, 1.82) is 0 Å². The molecule has 0 fully saturated rings. The van der Waals surface area contributed by atoms with E-state index in [1.54, 1.807) is 24.3 Å². The molecule has 0 bridgehead atoms. The van der Waals surface area contributed by atoms with Gasteiger partial charge in [-0.2, -0.15) is 0 Å². The van der Waals surface area contributed by atoms with Crippen LogP contribution < -0.4 is 4.74 Å². The molecule has 0 saturated carbocycles. The van der Waals surface area contributed by atoms with E-state index >= 15 is 0 Å². The standard InChI is InChI=1S/C9H11NO3/c1-2-13-9-5-3-8(4-6-9)7-10(11)12/h3-6H,2,7H2,1H3. The summed E-state index contributed by atoms with van der Waals surface area (Å²) < 4.78 is 5.20. The minimum Gasteiger partial charge on any atom is -0.494 e. The molecule has 0 aliphatic carbocycles. The first-order chi connectivity index (χ1) is 6.22. The van der Waals surface area contributed by atoms with Gasteiger partial charge in [0.25, 0.3) is 0 Å². The predicted molar refractivity (Wildman–Crippen MR) is 48.3 cm³/mol. The van der Waals surface area contributed by atoms with E-state index in [4.69, 9.17) is 4.74 Å². The number of benzene rings is 1. The summed E-state index contributed by atoms with van der Waals surface area (Å²) in [5.74, 6) is 0.745. The second-order valence-corrected chi connectivity index (χ2v) is 2.57. The third kappa shape index (κ3) is 3.11. The first-order valence-corrected chi connectivity index (χ1v) is 4.06. The van der Waals surface area contributed by atoms with Crippen molar-refractivity contribution < 1.29 is 9.66 Å². The van der Waals surface area contributed by atoms with Crippen LogP contribution in [0.1, 0.15) is 12.5 Å². The largest absolute Gasteiger partial charge is 0.494 e. The zero-order chi connectivity index (χ0) is 9.68. The Bertz CT molecular complexity index is 281. The fraction of sp³-hybridized carbons (Fsp3) is 0.333. The zero-order valence-electron chi connectivity index (χ0n) is 7.40. The van der Waals surface area contributed by atoms with E-state index in [0.29, 0.717) is 12.2 Å². The minimum atomic E-state index is -0.352. The Balaban J connectivity index is 2.64. The normalized spacial score (nSPS) is 9.62.